The molecule has 0 fully saturated rings. The van der Waals surface area contributed by atoms with Crippen molar-refractivity contribution in [1.29, 1.82) is 0 Å². The first-order valence-corrected chi connectivity index (χ1v) is 9.16. The van der Waals surface area contributed by atoms with Gasteiger partial charge in [-0.3, -0.25) is 5.26 Å². The summed E-state index contributed by atoms with van der Waals surface area (Å²) in [7, 11) is 1.41. The Kier molecular flexibility index (Phi) is 9.78. The van der Waals surface area contributed by atoms with Crippen LogP contribution >= 0.6 is 0 Å². The lowest BCUT2D eigenvalue weighted by molar-refractivity contribution is -0.253. The number of ether oxygens (including phenoxy) is 1. The van der Waals surface area contributed by atoms with Crippen LogP contribution in [-0.2, 0) is 17.1 Å². The Bertz CT molecular complexity index is 549. The van der Waals surface area contributed by atoms with Crippen LogP contribution in [0.5, 0.6) is 5.75 Å². The third kappa shape index (κ3) is 7.18. The zero-order chi connectivity index (χ0) is 18.7. The predicted octanol–water partition coefficient (Wildman–Crippen LogP) is 4.38. The van der Waals surface area contributed by atoms with E-state index in [4.69, 9.17) is 14.4 Å². The molecule has 0 aliphatic rings. The molecule has 0 saturated heterocycles. The fourth-order valence-corrected chi connectivity index (χ4v) is 2.87. The van der Waals surface area contributed by atoms with Crippen molar-refractivity contribution in [2.24, 2.45) is 0 Å². The Morgan fingerprint density at radius 2 is 1.72 bits per heavy atom. The Balaban J connectivity index is 2.57. The summed E-state index contributed by atoms with van der Waals surface area (Å²) in [6.07, 6.45) is 9.89. The van der Waals surface area contributed by atoms with Crippen LogP contribution in [0.3, 0.4) is 0 Å². The lowest BCUT2D eigenvalue weighted by Gasteiger charge is -2.22. The maximum absolute atomic E-state index is 12.0. The second-order valence-corrected chi connectivity index (χ2v) is 6.72. The summed E-state index contributed by atoms with van der Waals surface area (Å²) >= 11 is 0. The number of methoxy groups -OCH3 is 1. The Morgan fingerprint density at radius 3 is 2.28 bits per heavy atom. The van der Waals surface area contributed by atoms with Gasteiger partial charge >= 0.3 is 5.63 Å². The molecule has 6 nitrogen and oxygen atoms in total. The van der Waals surface area contributed by atoms with E-state index in [-0.39, 0.29) is 23.7 Å². The highest BCUT2D eigenvalue weighted by Gasteiger charge is 2.28. The van der Waals surface area contributed by atoms with Gasteiger partial charge in [0.15, 0.2) is 0 Å². The van der Waals surface area contributed by atoms with Gasteiger partial charge in [0.25, 0.3) is 0 Å². The topological polar surface area (TPSA) is 89.1 Å². The van der Waals surface area contributed by atoms with Crippen molar-refractivity contribution in [3.63, 3.8) is 0 Å². The van der Waals surface area contributed by atoms with Crippen LogP contribution in [-0.4, -0.2) is 17.5 Å². The summed E-state index contributed by atoms with van der Waals surface area (Å²) in [6.45, 7) is 3.51. The number of rotatable bonds is 13. The van der Waals surface area contributed by atoms with Crippen LogP contribution in [0.15, 0.2) is 15.3 Å². The van der Waals surface area contributed by atoms with E-state index in [0.717, 1.165) is 19.3 Å². The summed E-state index contributed by atoms with van der Waals surface area (Å²) in [5.41, 5.74) is -1.84. The minimum absolute atomic E-state index is 0.0802. The summed E-state index contributed by atoms with van der Waals surface area (Å²) in [5.74, 6) is 0.399. The largest absolute Gasteiger partial charge is 0.496 e. The molecule has 25 heavy (non-hydrogen) atoms. The second-order valence-electron chi connectivity index (χ2n) is 6.72. The molecule has 0 radical (unpaired) electrons. The van der Waals surface area contributed by atoms with E-state index in [1.807, 2.05) is 0 Å². The molecule has 1 heterocycles. The van der Waals surface area contributed by atoms with E-state index in [1.54, 1.807) is 6.92 Å². The van der Waals surface area contributed by atoms with Gasteiger partial charge in [-0.1, -0.05) is 58.3 Å². The maximum Gasteiger partial charge on any atom is 0.345 e. The van der Waals surface area contributed by atoms with E-state index in [0.29, 0.717) is 6.42 Å². The van der Waals surface area contributed by atoms with Crippen molar-refractivity contribution in [2.45, 2.75) is 83.8 Å². The minimum Gasteiger partial charge on any atom is -0.496 e. The number of aliphatic hydroxyl groups is 1. The highest BCUT2D eigenvalue weighted by Crippen LogP contribution is 2.30. The first-order chi connectivity index (χ1) is 12.0. The number of unbranched alkanes of at least 4 members (excludes halogenated alkanes) is 7. The molecule has 0 amide bonds. The summed E-state index contributed by atoms with van der Waals surface area (Å²) in [5, 5.41) is 19.2. The van der Waals surface area contributed by atoms with Crippen LogP contribution in [0.25, 0.3) is 0 Å². The lowest BCUT2D eigenvalue weighted by Crippen LogP contribution is -2.24. The van der Waals surface area contributed by atoms with Gasteiger partial charge in [-0.2, -0.15) is 0 Å². The first-order valence-electron chi connectivity index (χ1n) is 9.16. The van der Waals surface area contributed by atoms with Gasteiger partial charge in [0, 0.05) is 6.07 Å². The molecule has 1 aromatic rings. The van der Waals surface area contributed by atoms with E-state index in [9.17, 15) is 9.90 Å². The Morgan fingerprint density at radius 1 is 1.12 bits per heavy atom. The van der Waals surface area contributed by atoms with Crippen molar-refractivity contribution < 1.29 is 24.4 Å². The molecular weight excluding hydrogens is 324 g/mol. The van der Waals surface area contributed by atoms with Crippen LogP contribution in [0, 0.1) is 0 Å². The average molecular weight is 356 g/mol. The normalized spacial score (nSPS) is 13.6. The number of hydrogen-bond donors (Lipinski definition) is 2. The van der Waals surface area contributed by atoms with Gasteiger partial charge in [-0.05, 0) is 13.3 Å². The maximum atomic E-state index is 12.0. The summed E-state index contributed by atoms with van der Waals surface area (Å²) < 4.78 is 10.4. The van der Waals surface area contributed by atoms with Crippen LogP contribution < -0.4 is 10.4 Å². The number of hydrogen-bond acceptors (Lipinski definition) is 6. The highest BCUT2D eigenvalue weighted by atomic mass is 17.1. The molecule has 1 atom stereocenters. The molecule has 144 valence electrons. The quantitative estimate of drug-likeness (QED) is 0.310. The standard InChI is InChI=1S/C19H32O6/c1-4-5-6-7-8-9-10-11-12-19(2,21)17-13-16(23-3)15(14-24-22)18(20)25-17/h13,21-22H,4-12,14H2,1-3H3. The van der Waals surface area contributed by atoms with Gasteiger partial charge in [-0.25, -0.2) is 9.68 Å². The van der Waals surface area contributed by atoms with Crippen LogP contribution in [0.1, 0.15) is 83.0 Å². The predicted molar refractivity (Wildman–Crippen MR) is 95.7 cm³/mol. The molecule has 0 aromatic carbocycles. The molecule has 2 N–H and O–H groups in total. The fraction of sp³-hybridized carbons (Fsp3) is 0.737. The Labute approximate surface area is 149 Å². The molecule has 1 rings (SSSR count). The molecule has 0 aliphatic carbocycles. The molecule has 0 spiro atoms. The molecule has 0 bridgehead atoms. The van der Waals surface area contributed by atoms with Crippen molar-refractivity contribution in [2.75, 3.05) is 7.11 Å². The first kappa shape index (κ1) is 21.7. The third-order valence-electron chi connectivity index (χ3n) is 4.49. The van der Waals surface area contributed by atoms with Crippen molar-refractivity contribution in [3.05, 3.63) is 27.8 Å². The van der Waals surface area contributed by atoms with Crippen LogP contribution in [0.4, 0.5) is 0 Å². The minimum atomic E-state index is -1.24. The SMILES string of the molecule is CCCCCCCCCCC(C)(O)c1cc(OC)c(COO)c(=O)o1. The molecule has 0 saturated carbocycles. The van der Waals surface area contributed by atoms with Crippen molar-refractivity contribution in [1.82, 2.24) is 0 Å². The van der Waals surface area contributed by atoms with E-state index in [1.165, 1.54) is 45.3 Å². The second kappa shape index (κ2) is 11.3. The zero-order valence-corrected chi connectivity index (χ0v) is 15.7. The van der Waals surface area contributed by atoms with E-state index < -0.39 is 11.2 Å². The summed E-state index contributed by atoms with van der Waals surface area (Å²) in [4.78, 5) is 16.0. The molecule has 1 aromatic heterocycles. The van der Waals surface area contributed by atoms with Crippen LogP contribution in [0.2, 0.25) is 0 Å². The van der Waals surface area contributed by atoms with Gasteiger partial charge in [0.2, 0.25) is 0 Å². The molecule has 0 aliphatic heterocycles. The van der Waals surface area contributed by atoms with E-state index >= 15 is 0 Å². The fourth-order valence-electron chi connectivity index (χ4n) is 2.87. The van der Waals surface area contributed by atoms with Crippen molar-refractivity contribution >= 4 is 0 Å². The Hall–Kier alpha value is -1.37. The van der Waals surface area contributed by atoms with Gasteiger partial charge in [-0.15, -0.1) is 0 Å². The average Bonchev–Trinajstić information content (AvgIpc) is 2.58. The summed E-state index contributed by atoms with van der Waals surface area (Å²) in [6, 6.07) is 1.49. The third-order valence-corrected chi connectivity index (χ3v) is 4.49. The van der Waals surface area contributed by atoms with Crippen molar-refractivity contribution in [3.8, 4) is 5.75 Å². The zero-order valence-electron chi connectivity index (χ0n) is 15.7. The molecule has 6 heteroatoms. The monoisotopic (exact) mass is 356 g/mol. The van der Waals surface area contributed by atoms with Gasteiger partial charge < -0.3 is 14.3 Å². The van der Waals surface area contributed by atoms with E-state index in [2.05, 4.69) is 11.8 Å². The van der Waals surface area contributed by atoms with Gasteiger partial charge in [0.05, 0.1) is 7.11 Å². The van der Waals surface area contributed by atoms with Gasteiger partial charge in [0.1, 0.15) is 29.3 Å². The highest BCUT2D eigenvalue weighted by molar-refractivity contribution is 5.32. The molecular formula is C19H32O6. The smallest absolute Gasteiger partial charge is 0.345 e. The molecule has 1 unspecified atom stereocenters. The lowest BCUT2D eigenvalue weighted by atomic mass is 9.94.